The minimum absolute atomic E-state index is 0.229. The molecule has 0 saturated carbocycles. The van der Waals surface area contributed by atoms with Gasteiger partial charge in [0, 0.05) is 17.5 Å². The molecule has 0 bridgehead atoms. The lowest BCUT2D eigenvalue weighted by Gasteiger charge is -2.23. The Labute approximate surface area is 164 Å². The van der Waals surface area contributed by atoms with Crippen molar-refractivity contribution in [3.05, 3.63) is 40.8 Å². The molecule has 152 valence electrons. The number of alkyl carbamates (subject to hydrolysis) is 1. The molecule has 0 aliphatic heterocycles. The van der Waals surface area contributed by atoms with Gasteiger partial charge in [-0.1, -0.05) is 13.8 Å². The van der Waals surface area contributed by atoms with Crippen molar-refractivity contribution in [2.24, 2.45) is 5.92 Å². The Morgan fingerprint density at radius 2 is 1.79 bits per heavy atom. The fraction of sp³-hybridized carbons (Fsp3) is 0.476. The van der Waals surface area contributed by atoms with Gasteiger partial charge in [-0.2, -0.15) is 0 Å². The van der Waals surface area contributed by atoms with Crippen LogP contribution in [0.3, 0.4) is 0 Å². The molecule has 0 unspecified atom stereocenters. The van der Waals surface area contributed by atoms with Crippen LogP contribution >= 0.6 is 0 Å². The van der Waals surface area contributed by atoms with Crippen molar-refractivity contribution in [3.63, 3.8) is 0 Å². The number of ether oxygens (including phenoxy) is 2. The lowest BCUT2D eigenvalue weighted by Crippen LogP contribution is -2.45. The summed E-state index contributed by atoms with van der Waals surface area (Å²) in [6.45, 7) is 9.30. The summed E-state index contributed by atoms with van der Waals surface area (Å²) in [6.07, 6.45) is 0.461. The minimum atomic E-state index is -0.851. The predicted octanol–water partition coefficient (Wildman–Crippen LogP) is 4.03. The highest BCUT2D eigenvalue weighted by Crippen LogP contribution is 2.20. The fourth-order valence-electron chi connectivity index (χ4n) is 2.49. The van der Waals surface area contributed by atoms with Crippen molar-refractivity contribution in [2.45, 2.75) is 59.1 Å². The number of hydrogen-bond acceptors (Lipinski definition) is 6. The van der Waals surface area contributed by atoms with Gasteiger partial charge in [0.25, 0.3) is 0 Å². The number of carbonyl (C=O) groups excluding carboxylic acids is 2. The van der Waals surface area contributed by atoms with Crippen LogP contribution in [-0.4, -0.2) is 23.7 Å². The van der Waals surface area contributed by atoms with E-state index >= 15 is 0 Å². The van der Waals surface area contributed by atoms with Crippen molar-refractivity contribution in [3.8, 4) is 5.75 Å². The Balaban J connectivity index is 2.14. The first-order valence-electron chi connectivity index (χ1n) is 9.28. The zero-order valence-electron chi connectivity index (χ0n) is 16.9. The zero-order valence-corrected chi connectivity index (χ0v) is 16.9. The van der Waals surface area contributed by atoms with E-state index in [1.807, 2.05) is 13.8 Å². The lowest BCUT2D eigenvalue weighted by molar-refractivity contribution is -0.137. The molecule has 1 aromatic heterocycles. The number of rotatable bonds is 6. The molecule has 0 spiro atoms. The topological polar surface area (TPSA) is 94.8 Å². The van der Waals surface area contributed by atoms with Gasteiger partial charge >= 0.3 is 17.7 Å². The predicted molar refractivity (Wildman–Crippen MR) is 105 cm³/mol. The van der Waals surface area contributed by atoms with Gasteiger partial charge in [-0.3, -0.25) is 0 Å². The normalized spacial score (nSPS) is 12.6. The van der Waals surface area contributed by atoms with Gasteiger partial charge in [0.1, 0.15) is 23.0 Å². The van der Waals surface area contributed by atoms with Crippen molar-refractivity contribution >= 4 is 23.0 Å². The third kappa shape index (κ3) is 6.72. The van der Waals surface area contributed by atoms with Gasteiger partial charge in [-0.05, 0) is 57.7 Å². The molecule has 0 radical (unpaired) electrons. The fourth-order valence-corrected chi connectivity index (χ4v) is 2.49. The first-order chi connectivity index (χ1) is 13.0. The average molecular weight is 389 g/mol. The number of esters is 1. The number of benzene rings is 1. The molecule has 7 heteroatoms. The minimum Gasteiger partial charge on any atom is -0.444 e. The maximum Gasteiger partial charge on any atom is 0.408 e. The quantitative estimate of drug-likeness (QED) is 0.455. The lowest BCUT2D eigenvalue weighted by atomic mass is 10.0. The molecule has 7 nitrogen and oxygen atoms in total. The van der Waals surface area contributed by atoms with Gasteiger partial charge in [0.2, 0.25) is 0 Å². The average Bonchev–Trinajstić information content (AvgIpc) is 2.56. The first kappa shape index (κ1) is 21.5. The van der Waals surface area contributed by atoms with E-state index in [1.165, 1.54) is 12.1 Å². The summed E-state index contributed by atoms with van der Waals surface area (Å²) >= 11 is 0. The molecule has 2 rings (SSSR count). The smallest absolute Gasteiger partial charge is 0.408 e. The number of amides is 1. The number of carbonyl (C=O) groups is 2. The van der Waals surface area contributed by atoms with Crippen LogP contribution in [0.25, 0.3) is 11.0 Å². The van der Waals surface area contributed by atoms with Crippen molar-refractivity contribution in [1.82, 2.24) is 5.32 Å². The molecule has 1 amide bonds. The van der Waals surface area contributed by atoms with Crippen LogP contribution in [-0.2, 0) is 9.53 Å². The third-order valence-corrected chi connectivity index (χ3v) is 3.82. The summed E-state index contributed by atoms with van der Waals surface area (Å²) in [6, 6.07) is 6.86. The second-order valence-corrected chi connectivity index (χ2v) is 8.05. The second-order valence-electron chi connectivity index (χ2n) is 8.05. The van der Waals surface area contributed by atoms with Crippen molar-refractivity contribution in [1.29, 1.82) is 0 Å². The summed E-state index contributed by atoms with van der Waals surface area (Å²) in [4.78, 5) is 36.1. The highest BCUT2D eigenvalue weighted by Gasteiger charge is 2.26. The largest absolute Gasteiger partial charge is 0.444 e. The van der Waals surface area contributed by atoms with Gasteiger partial charge in [-0.15, -0.1) is 0 Å². The number of fused-ring (bicyclic) bond motifs is 1. The molecule has 0 aliphatic rings. The van der Waals surface area contributed by atoms with E-state index in [4.69, 9.17) is 13.9 Å². The van der Waals surface area contributed by atoms with Gasteiger partial charge < -0.3 is 19.2 Å². The van der Waals surface area contributed by atoms with Crippen molar-refractivity contribution in [2.75, 3.05) is 0 Å². The molecule has 28 heavy (non-hydrogen) atoms. The zero-order chi connectivity index (χ0) is 20.9. The van der Waals surface area contributed by atoms with E-state index in [0.717, 1.165) is 6.42 Å². The van der Waals surface area contributed by atoms with Crippen LogP contribution in [0.1, 0.15) is 47.5 Å². The monoisotopic (exact) mass is 389 g/mol. The summed E-state index contributed by atoms with van der Waals surface area (Å²) in [5.74, 6) is -0.0257. The molecule has 0 aliphatic carbocycles. The van der Waals surface area contributed by atoms with Gasteiger partial charge in [-0.25, -0.2) is 14.4 Å². The molecule has 1 atom stereocenters. The summed E-state index contributed by atoms with van der Waals surface area (Å²) in [7, 11) is 0. The molecule has 1 heterocycles. The molecule has 1 N–H and O–H groups in total. The third-order valence-electron chi connectivity index (χ3n) is 3.82. The summed E-state index contributed by atoms with van der Waals surface area (Å²) in [5, 5.41) is 3.30. The first-order valence-corrected chi connectivity index (χ1v) is 9.28. The molecule has 1 aromatic carbocycles. The van der Waals surface area contributed by atoms with E-state index in [9.17, 15) is 14.4 Å². The van der Waals surface area contributed by atoms with E-state index in [0.29, 0.717) is 23.3 Å². The standard InChI is InChI=1S/C21H27NO6/c1-13(2)6-10-16(22-20(25)28-21(3,4)5)19(24)26-15-9-7-14-8-11-18(23)27-17(14)12-15/h7-9,11-13,16H,6,10H2,1-5H3,(H,22,25)/t16-/m1/s1. The van der Waals surface area contributed by atoms with E-state index in [1.54, 1.807) is 39.0 Å². The Hall–Kier alpha value is -2.83. The Bertz CT molecular complexity index is 894. The Morgan fingerprint density at radius 3 is 2.43 bits per heavy atom. The van der Waals surface area contributed by atoms with Gasteiger partial charge in [0.15, 0.2) is 0 Å². The van der Waals surface area contributed by atoms with Crippen LogP contribution in [0.2, 0.25) is 0 Å². The molecule has 0 saturated heterocycles. The molecule has 0 fully saturated rings. The van der Waals surface area contributed by atoms with Crippen LogP contribution in [0.4, 0.5) is 4.79 Å². The highest BCUT2D eigenvalue weighted by molar-refractivity contribution is 5.84. The van der Waals surface area contributed by atoms with Crippen LogP contribution in [0, 0.1) is 5.92 Å². The maximum absolute atomic E-state index is 12.6. The van der Waals surface area contributed by atoms with Gasteiger partial charge in [0.05, 0.1) is 0 Å². The second kappa shape index (κ2) is 8.91. The number of nitrogens with one attached hydrogen (secondary N) is 1. The van der Waals surface area contributed by atoms with Crippen LogP contribution in [0.15, 0.2) is 39.5 Å². The Kier molecular flexibility index (Phi) is 6.83. The van der Waals surface area contributed by atoms with E-state index < -0.39 is 29.3 Å². The van der Waals surface area contributed by atoms with E-state index in [2.05, 4.69) is 5.32 Å². The highest BCUT2D eigenvalue weighted by atomic mass is 16.6. The molecule has 2 aromatic rings. The van der Waals surface area contributed by atoms with Crippen molar-refractivity contribution < 1.29 is 23.5 Å². The Morgan fingerprint density at radius 1 is 1.11 bits per heavy atom. The summed E-state index contributed by atoms with van der Waals surface area (Å²) < 4.78 is 15.8. The number of hydrogen-bond donors (Lipinski definition) is 1. The molecular weight excluding hydrogens is 362 g/mol. The molecular formula is C21H27NO6. The van der Waals surface area contributed by atoms with E-state index in [-0.39, 0.29) is 5.75 Å². The van der Waals surface area contributed by atoms with Crippen LogP contribution in [0.5, 0.6) is 5.75 Å². The maximum atomic E-state index is 12.6. The SMILES string of the molecule is CC(C)CC[C@@H](NC(=O)OC(C)(C)C)C(=O)Oc1ccc2ccc(=O)oc2c1. The van der Waals surface area contributed by atoms with Crippen LogP contribution < -0.4 is 15.7 Å². The summed E-state index contributed by atoms with van der Waals surface area (Å²) in [5.41, 5.74) is -0.846.